The van der Waals surface area contributed by atoms with Crippen molar-refractivity contribution in [3.8, 4) is 6.07 Å². The normalized spacial score (nSPS) is 9.60. The first-order valence-corrected chi connectivity index (χ1v) is 5.97. The van der Waals surface area contributed by atoms with Gasteiger partial charge in [-0.15, -0.1) is 0 Å². The van der Waals surface area contributed by atoms with Gasteiger partial charge in [0, 0.05) is 6.54 Å². The zero-order chi connectivity index (χ0) is 14.4. The highest BCUT2D eigenvalue weighted by Gasteiger charge is 2.05. The molecule has 100 valence electrons. The Morgan fingerprint density at radius 3 is 2.75 bits per heavy atom. The average Bonchev–Trinajstić information content (AvgIpc) is 2.46. The average molecular weight is 269 g/mol. The molecule has 0 fully saturated rings. The van der Waals surface area contributed by atoms with Crippen LogP contribution >= 0.6 is 0 Å². The van der Waals surface area contributed by atoms with Gasteiger partial charge in [-0.2, -0.15) is 5.26 Å². The van der Waals surface area contributed by atoms with Crippen LogP contribution in [-0.2, 0) is 6.54 Å². The molecule has 2 amide bonds. The van der Waals surface area contributed by atoms with E-state index in [2.05, 4.69) is 10.6 Å². The Labute approximate surface area is 115 Å². The van der Waals surface area contributed by atoms with E-state index >= 15 is 0 Å². The van der Waals surface area contributed by atoms with Crippen LogP contribution in [-0.4, -0.2) is 6.03 Å². The SMILES string of the molecule is N#Cc1ccccc1NC(=O)NCc1cccc(F)c1. The Kier molecular flexibility index (Phi) is 4.30. The molecule has 0 aliphatic rings. The molecule has 0 radical (unpaired) electrons. The van der Waals surface area contributed by atoms with Crippen molar-refractivity contribution in [2.45, 2.75) is 6.54 Å². The number of para-hydroxylation sites is 1. The van der Waals surface area contributed by atoms with Crippen LogP contribution in [0.3, 0.4) is 0 Å². The molecule has 2 aromatic rings. The summed E-state index contributed by atoms with van der Waals surface area (Å²) in [6.07, 6.45) is 0. The molecule has 0 aromatic heterocycles. The van der Waals surface area contributed by atoms with Gasteiger partial charge in [0.25, 0.3) is 0 Å². The second-order valence-electron chi connectivity index (χ2n) is 4.09. The van der Waals surface area contributed by atoms with E-state index < -0.39 is 6.03 Å². The van der Waals surface area contributed by atoms with Crippen molar-refractivity contribution in [2.75, 3.05) is 5.32 Å². The first-order valence-electron chi connectivity index (χ1n) is 5.97. The van der Waals surface area contributed by atoms with Gasteiger partial charge >= 0.3 is 6.03 Å². The van der Waals surface area contributed by atoms with Crippen molar-refractivity contribution in [1.29, 1.82) is 5.26 Å². The molecule has 0 heterocycles. The van der Waals surface area contributed by atoms with Crippen LogP contribution < -0.4 is 10.6 Å². The summed E-state index contributed by atoms with van der Waals surface area (Å²) in [5.74, 6) is -0.348. The van der Waals surface area contributed by atoms with E-state index in [1.165, 1.54) is 12.1 Å². The maximum absolute atomic E-state index is 13.0. The van der Waals surface area contributed by atoms with Crippen LogP contribution in [0.1, 0.15) is 11.1 Å². The number of benzene rings is 2. The summed E-state index contributed by atoms with van der Waals surface area (Å²) in [5, 5.41) is 14.1. The minimum Gasteiger partial charge on any atom is -0.334 e. The largest absolute Gasteiger partial charge is 0.334 e. The standard InChI is InChI=1S/C15H12FN3O/c16-13-6-3-4-11(8-13)10-18-15(20)19-14-7-2-1-5-12(14)9-17/h1-8H,10H2,(H2,18,19,20). The number of halogens is 1. The summed E-state index contributed by atoms with van der Waals surface area (Å²) < 4.78 is 13.0. The Hall–Kier alpha value is -2.87. The number of urea groups is 1. The molecule has 0 saturated carbocycles. The van der Waals surface area contributed by atoms with E-state index in [9.17, 15) is 9.18 Å². The lowest BCUT2D eigenvalue weighted by Gasteiger charge is -2.08. The molecule has 0 saturated heterocycles. The fraction of sp³-hybridized carbons (Fsp3) is 0.0667. The third-order valence-electron chi connectivity index (χ3n) is 2.64. The first kappa shape index (κ1) is 13.6. The fourth-order valence-electron chi connectivity index (χ4n) is 1.69. The molecule has 4 nitrogen and oxygen atoms in total. The van der Waals surface area contributed by atoms with Gasteiger partial charge in [-0.25, -0.2) is 9.18 Å². The molecule has 0 atom stereocenters. The summed E-state index contributed by atoms with van der Waals surface area (Å²) in [7, 11) is 0. The number of carbonyl (C=O) groups is 1. The number of hydrogen-bond acceptors (Lipinski definition) is 2. The van der Waals surface area contributed by atoms with Gasteiger partial charge in [0.15, 0.2) is 0 Å². The first-order chi connectivity index (χ1) is 9.69. The molecule has 2 aromatic carbocycles. The highest BCUT2D eigenvalue weighted by Crippen LogP contribution is 2.13. The molecule has 2 rings (SSSR count). The molecular formula is C15H12FN3O. The number of rotatable bonds is 3. The van der Waals surface area contributed by atoms with Crippen molar-refractivity contribution in [3.63, 3.8) is 0 Å². The monoisotopic (exact) mass is 269 g/mol. The van der Waals surface area contributed by atoms with Crippen LogP contribution in [0.2, 0.25) is 0 Å². The molecular weight excluding hydrogens is 257 g/mol. The molecule has 0 spiro atoms. The zero-order valence-electron chi connectivity index (χ0n) is 10.6. The van der Waals surface area contributed by atoms with Crippen molar-refractivity contribution in [2.24, 2.45) is 0 Å². The van der Waals surface area contributed by atoms with Crippen LogP contribution in [0.4, 0.5) is 14.9 Å². The Balaban J connectivity index is 1.95. The van der Waals surface area contributed by atoms with Crippen molar-refractivity contribution in [3.05, 3.63) is 65.5 Å². The molecule has 0 aliphatic carbocycles. The van der Waals surface area contributed by atoms with Crippen LogP contribution in [0.15, 0.2) is 48.5 Å². The number of nitrogens with one attached hydrogen (secondary N) is 2. The van der Waals surface area contributed by atoms with Crippen molar-refractivity contribution >= 4 is 11.7 Å². The van der Waals surface area contributed by atoms with Crippen molar-refractivity contribution < 1.29 is 9.18 Å². The van der Waals surface area contributed by atoms with E-state index in [4.69, 9.17) is 5.26 Å². The number of anilines is 1. The summed E-state index contributed by atoms with van der Waals surface area (Å²) in [5.41, 5.74) is 1.48. The van der Waals surface area contributed by atoms with Gasteiger partial charge < -0.3 is 10.6 Å². The summed E-state index contributed by atoms with van der Waals surface area (Å²) >= 11 is 0. The topological polar surface area (TPSA) is 64.9 Å². The number of amides is 2. The summed E-state index contributed by atoms with van der Waals surface area (Å²) in [6, 6.07) is 14.2. The quantitative estimate of drug-likeness (QED) is 0.899. The lowest BCUT2D eigenvalue weighted by molar-refractivity contribution is 0.251. The molecule has 5 heteroatoms. The fourth-order valence-corrected chi connectivity index (χ4v) is 1.69. The number of carbonyl (C=O) groups excluding carboxylic acids is 1. The predicted molar refractivity (Wildman–Crippen MR) is 73.4 cm³/mol. The van der Waals surface area contributed by atoms with E-state index in [1.54, 1.807) is 36.4 Å². The second kappa shape index (κ2) is 6.34. The third-order valence-corrected chi connectivity index (χ3v) is 2.64. The minimum absolute atomic E-state index is 0.207. The van der Waals surface area contributed by atoms with Gasteiger partial charge in [-0.3, -0.25) is 0 Å². The smallest absolute Gasteiger partial charge is 0.319 e. The highest BCUT2D eigenvalue weighted by atomic mass is 19.1. The number of hydrogen-bond donors (Lipinski definition) is 2. The van der Waals surface area contributed by atoms with Crippen LogP contribution in [0.5, 0.6) is 0 Å². The van der Waals surface area contributed by atoms with Crippen molar-refractivity contribution in [1.82, 2.24) is 5.32 Å². The highest BCUT2D eigenvalue weighted by molar-refractivity contribution is 5.90. The molecule has 0 unspecified atom stereocenters. The van der Waals surface area contributed by atoms with E-state index in [0.717, 1.165) is 0 Å². The maximum Gasteiger partial charge on any atom is 0.319 e. The second-order valence-corrected chi connectivity index (χ2v) is 4.09. The van der Waals surface area contributed by atoms with E-state index in [1.807, 2.05) is 6.07 Å². The Morgan fingerprint density at radius 2 is 2.00 bits per heavy atom. The van der Waals surface area contributed by atoms with E-state index in [0.29, 0.717) is 16.8 Å². The van der Waals surface area contributed by atoms with Gasteiger partial charge in [0.2, 0.25) is 0 Å². The maximum atomic E-state index is 13.0. The third kappa shape index (κ3) is 3.56. The number of nitrogens with zero attached hydrogens (tertiary/aromatic N) is 1. The lowest BCUT2D eigenvalue weighted by atomic mass is 10.2. The molecule has 0 bridgehead atoms. The molecule has 2 N–H and O–H groups in total. The zero-order valence-corrected chi connectivity index (χ0v) is 10.6. The molecule has 20 heavy (non-hydrogen) atoms. The minimum atomic E-state index is -0.447. The molecule has 0 aliphatic heterocycles. The lowest BCUT2D eigenvalue weighted by Crippen LogP contribution is -2.28. The van der Waals surface area contributed by atoms with E-state index in [-0.39, 0.29) is 12.4 Å². The van der Waals surface area contributed by atoms with Crippen LogP contribution in [0.25, 0.3) is 0 Å². The summed E-state index contributed by atoms with van der Waals surface area (Å²) in [6.45, 7) is 0.207. The van der Waals surface area contributed by atoms with Gasteiger partial charge in [0.05, 0.1) is 11.3 Å². The van der Waals surface area contributed by atoms with Crippen LogP contribution in [0, 0.1) is 17.1 Å². The van der Waals surface area contributed by atoms with Gasteiger partial charge in [0.1, 0.15) is 11.9 Å². The number of nitriles is 1. The summed E-state index contributed by atoms with van der Waals surface area (Å²) in [4.78, 5) is 11.7. The Bertz CT molecular complexity index is 664. The van der Waals surface area contributed by atoms with Gasteiger partial charge in [-0.05, 0) is 29.8 Å². The predicted octanol–water partition coefficient (Wildman–Crippen LogP) is 3.02. The van der Waals surface area contributed by atoms with Gasteiger partial charge in [-0.1, -0.05) is 24.3 Å². The Morgan fingerprint density at radius 1 is 1.20 bits per heavy atom.